The third kappa shape index (κ3) is 13.8. The molecule has 0 aromatic heterocycles. The lowest BCUT2D eigenvalue weighted by Crippen LogP contribution is -2.42. The fourth-order valence-electron chi connectivity index (χ4n) is 4.43. The zero-order chi connectivity index (χ0) is 22.6. The quantitative estimate of drug-likeness (QED) is 0.225. The minimum Gasteiger partial charge on any atom is -0.356 e. The maximum atomic E-state index is 12.6. The molecule has 5 heteroatoms. The predicted octanol–water partition coefficient (Wildman–Crippen LogP) is 5.34. The van der Waals surface area contributed by atoms with Gasteiger partial charge < -0.3 is 16.0 Å². The molecule has 2 unspecified atom stereocenters. The van der Waals surface area contributed by atoms with Crippen LogP contribution in [-0.2, 0) is 9.59 Å². The zero-order valence-electron chi connectivity index (χ0n) is 20.6. The van der Waals surface area contributed by atoms with Crippen LogP contribution in [0.4, 0.5) is 0 Å². The van der Waals surface area contributed by atoms with Crippen LogP contribution in [0.5, 0.6) is 0 Å². The van der Waals surface area contributed by atoms with Gasteiger partial charge in [0.05, 0.1) is 11.8 Å². The summed E-state index contributed by atoms with van der Waals surface area (Å²) < 4.78 is 0. The van der Waals surface area contributed by atoms with E-state index in [1.54, 1.807) is 0 Å². The van der Waals surface area contributed by atoms with Crippen molar-refractivity contribution < 1.29 is 9.59 Å². The normalized spacial score (nSPS) is 18.3. The lowest BCUT2D eigenvalue weighted by atomic mass is 9.94. The van der Waals surface area contributed by atoms with E-state index in [1.165, 1.54) is 89.9 Å². The molecular formula is C26H51N3O2. The first kappa shape index (κ1) is 27.9. The summed E-state index contributed by atoms with van der Waals surface area (Å²) in [6, 6.07) is 0. The Balaban J connectivity index is 2.07. The summed E-state index contributed by atoms with van der Waals surface area (Å²) in [5, 5.41) is 9.37. The second-order valence-corrected chi connectivity index (χ2v) is 9.40. The number of unbranched alkanes of at least 4 members (excludes halogenated alkanes) is 14. The summed E-state index contributed by atoms with van der Waals surface area (Å²) in [6.07, 6.45) is 20.2. The van der Waals surface area contributed by atoms with Crippen molar-refractivity contribution in [3.05, 3.63) is 0 Å². The van der Waals surface area contributed by atoms with Gasteiger partial charge in [-0.2, -0.15) is 0 Å². The van der Waals surface area contributed by atoms with Gasteiger partial charge in [0.15, 0.2) is 0 Å². The second-order valence-electron chi connectivity index (χ2n) is 9.40. The molecule has 0 aliphatic carbocycles. The fraction of sp³-hybridized carbons (Fsp3) is 0.923. The Kier molecular flexibility index (Phi) is 17.6. The van der Waals surface area contributed by atoms with Gasteiger partial charge in [-0.3, -0.25) is 9.59 Å². The highest BCUT2D eigenvalue weighted by atomic mass is 16.2. The number of nitrogens with one attached hydrogen (secondary N) is 3. The maximum absolute atomic E-state index is 12.6. The lowest BCUT2D eigenvalue weighted by molar-refractivity contribution is -0.132. The van der Waals surface area contributed by atoms with Gasteiger partial charge in [-0.15, -0.1) is 0 Å². The lowest BCUT2D eigenvalue weighted by Gasteiger charge is -2.18. The van der Waals surface area contributed by atoms with Crippen molar-refractivity contribution in [1.82, 2.24) is 16.0 Å². The molecule has 0 aromatic carbocycles. The number of carbonyl (C=O) groups excluding carboxylic acids is 2. The van der Waals surface area contributed by atoms with E-state index >= 15 is 0 Å². The molecule has 1 aliphatic heterocycles. The molecule has 31 heavy (non-hydrogen) atoms. The van der Waals surface area contributed by atoms with Crippen LogP contribution in [0.3, 0.4) is 0 Å². The number of rotatable bonds is 20. The Morgan fingerprint density at radius 2 is 0.903 bits per heavy atom. The van der Waals surface area contributed by atoms with E-state index in [9.17, 15) is 9.59 Å². The molecule has 3 N–H and O–H groups in total. The van der Waals surface area contributed by atoms with E-state index in [2.05, 4.69) is 29.8 Å². The molecule has 1 aliphatic rings. The van der Waals surface area contributed by atoms with Gasteiger partial charge >= 0.3 is 0 Å². The second kappa shape index (κ2) is 19.6. The van der Waals surface area contributed by atoms with Gasteiger partial charge in [0.25, 0.3) is 0 Å². The zero-order valence-corrected chi connectivity index (χ0v) is 20.6. The molecule has 0 radical (unpaired) electrons. The standard InChI is InChI=1S/C26H51N3O2/c1-3-5-7-9-11-13-15-17-19-28-25(30)23-21-27-22-24(23)26(31)29-20-18-16-14-12-10-8-6-4-2/h23-24,27H,3-22H2,1-2H3,(H,28,30)(H,29,31). The van der Waals surface area contributed by atoms with Crippen molar-refractivity contribution in [3.63, 3.8) is 0 Å². The van der Waals surface area contributed by atoms with Gasteiger partial charge in [-0.1, -0.05) is 104 Å². The molecule has 5 nitrogen and oxygen atoms in total. The smallest absolute Gasteiger partial charge is 0.225 e. The first-order valence-electron chi connectivity index (χ1n) is 13.5. The van der Waals surface area contributed by atoms with E-state index in [1.807, 2.05) is 0 Å². The molecule has 1 fully saturated rings. The highest BCUT2D eigenvalue weighted by Crippen LogP contribution is 2.17. The third-order valence-electron chi connectivity index (χ3n) is 6.55. The van der Waals surface area contributed by atoms with Crippen LogP contribution in [0.1, 0.15) is 117 Å². The molecule has 2 amide bonds. The van der Waals surface area contributed by atoms with E-state index in [0.29, 0.717) is 13.1 Å². The summed E-state index contributed by atoms with van der Waals surface area (Å²) in [5.74, 6) is -0.374. The van der Waals surface area contributed by atoms with Crippen LogP contribution in [-0.4, -0.2) is 38.0 Å². The maximum Gasteiger partial charge on any atom is 0.225 e. The molecule has 1 rings (SSSR count). The summed E-state index contributed by atoms with van der Waals surface area (Å²) >= 11 is 0. The Morgan fingerprint density at radius 3 is 1.26 bits per heavy atom. The van der Waals surface area contributed by atoms with Crippen LogP contribution in [0.25, 0.3) is 0 Å². The number of carbonyl (C=O) groups is 2. The molecule has 0 bridgehead atoms. The highest BCUT2D eigenvalue weighted by molar-refractivity contribution is 5.88. The molecule has 1 heterocycles. The minimum atomic E-state index is -0.229. The Morgan fingerprint density at radius 1 is 0.581 bits per heavy atom. The average Bonchev–Trinajstić information content (AvgIpc) is 3.27. The van der Waals surface area contributed by atoms with Gasteiger partial charge in [0.1, 0.15) is 0 Å². The molecule has 182 valence electrons. The van der Waals surface area contributed by atoms with E-state index in [-0.39, 0.29) is 23.7 Å². The van der Waals surface area contributed by atoms with Crippen molar-refractivity contribution in [1.29, 1.82) is 0 Å². The minimum absolute atomic E-state index is 0.0418. The number of hydrogen-bond acceptors (Lipinski definition) is 3. The predicted molar refractivity (Wildman–Crippen MR) is 131 cm³/mol. The molecule has 1 saturated heterocycles. The van der Waals surface area contributed by atoms with Crippen molar-refractivity contribution in [2.45, 2.75) is 117 Å². The largest absolute Gasteiger partial charge is 0.356 e. The van der Waals surface area contributed by atoms with Crippen LogP contribution in [0.15, 0.2) is 0 Å². The third-order valence-corrected chi connectivity index (χ3v) is 6.55. The summed E-state index contributed by atoms with van der Waals surface area (Å²) in [6.45, 7) is 7.17. The van der Waals surface area contributed by atoms with Crippen LogP contribution < -0.4 is 16.0 Å². The van der Waals surface area contributed by atoms with Crippen LogP contribution in [0, 0.1) is 11.8 Å². The van der Waals surface area contributed by atoms with Crippen molar-refractivity contribution >= 4 is 11.8 Å². The molecule has 0 spiro atoms. The van der Waals surface area contributed by atoms with E-state index in [0.717, 1.165) is 25.9 Å². The summed E-state index contributed by atoms with van der Waals surface area (Å²) in [7, 11) is 0. The van der Waals surface area contributed by atoms with Gasteiger partial charge in [-0.25, -0.2) is 0 Å². The fourth-order valence-corrected chi connectivity index (χ4v) is 4.43. The van der Waals surface area contributed by atoms with Crippen molar-refractivity contribution in [2.24, 2.45) is 11.8 Å². The molecule has 0 saturated carbocycles. The molecular weight excluding hydrogens is 386 g/mol. The van der Waals surface area contributed by atoms with Crippen molar-refractivity contribution in [3.8, 4) is 0 Å². The monoisotopic (exact) mass is 437 g/mol. The number of amides is 2. The van der Waals surface area contributed by atoms with Crippen LogP contribution >= 0.6 is 0 Å². The Bertz CT molecular complexity index is 416. The Hall–Kier alpha value is -1.10. The molecule has 0 aromatic rings. The SMILES string of the molecule is CCCCCCCCCCNC(=O)C1CNCC1C(=O)NCCCCCCCCCC. The van der Waals surface area contributed by atoms with Crippen molar-refractivity contribution in [2.75, 3.05) is 26.2 Å². The first-order valence-corrected chi connectivity index (χ1v) is 13.5. The highest BCUT2D eigenvalue weighted by Gasteiger charge is 2.37. The summed E-state index contributed by atoms with van der Waals surface area (Å²) in [5.41, 5.74) is 0. The van der Waals surface area contributed by atoms with E-state index < -0.39 is 0 Å². The van der Waals surface area contributed by atoms with Crippen LogP contribution in [0.2, 0.25) is 0 Å². The Labute approximate surface area is 192 Å². The van der Waals surface area contributed by atoms with Gasteiger partial charge in [0, 0.05) is 26.2 Å². The number of hydrogen-bond donors (Lipinski definition) is 3. The van der Waals surface area contributed by atoms with E-state index in [4.69, 9.17) is 0 Å². The topological polar surface area (TPSA) is 70.2 Å². The first-order chi connectivity index (χ1) is 15.2. The van der Waals surface area contributed by atoms with Gasteiger partial charge in [0.2, 0.25) is 11.8 Å². The summed E-state index contributed by atoms with van der Waals surface area (Å²) in [4.78, 5) is 25.1. The molecule has 2 atom stereocenters. The van der Waals surface area contributed by atoms with Gasteiger partial charge in [-0.05, 0) is 12.8 Å². The average molecular weight is 438 g/mol.